The number of ether oxygens (including phenoxy) is 1. The molecule has 0 radical (unpaired) electrons. The van der Waals surface area contributed by atoms with Gasteiger partial charge in [-0.05, 0) is 39.0 Å². The van der Waals surface area contributed by atoms with E-state index >= 15 is 0 Å². The average Bonchev–Trinajstić information content (AvgIpc) is 3.32. The molecule has 0 bridgehead atoms. The fourth-order valence-electron chi connectivity index (χ4n) is 4.42. The average molecular weight is 461 g/mol. The van der Waals surface area contributed by atoms with Gasteiger partial charge in [0.05, 0.1) is 23.2 Å². The number of aromatic amines is 1. The van der Waals surface area contributed by atoms with Gasteiger partial charge in [0.1, 0.15) is 5.69 Å². The molecule has 11 nitrogen and oxygen atoms in total. The number of piperidine rings is 1. The molecule has 1 saturated heterocycles. The van der Waals surface area contributed by atoms with Gasteiger partial charge in [0, 0.05) is 30.8 Å². The third-order valence-electron chi connectivity index (χ3n) is 6.12. The number of sulfonamides is 1. The summed E-state index contributed by atoms with van der Waals surface area (Å²) in [7, 11) is -3.20. The first-order valence-electron chi connectivity index (χ1n) is 11.0. The van der Waals surface area contributed by atoms with E-state index in [1.165, 1.54) is 0 Å². The summed E-state index contributed by atoms with van der Waals surface area (Å²) in [6.45, 7) is 6.85. The number of rotatable bonds is 6. The predicted molar refractivity (Wildman–Crippen MR) is 119 cm³/mol. The van der Waals surface area contributed by atoms with Crippen LogP contribution in [0.25, 0.3) is 16.9 Å². The molecule has 1 saturated carbocycles. The number of H-pyrrole nitrogens is 1. The second-order valence-electron chi connectivity index (χ2n) is 8.98. The first kappa shape index (κ1) is 21.1. The van der Waals surface area contributed by atoms with E-state index in [1.807, 2.05) is 13.8 Å². The summed E-state index contributed by atoms with van der Waals surface area (Å²) >= 11 is 0. The van der Waals surface area contributed by atoms with Gasteiger partial charge in [-0.25, -0.2) is 17.7 Å². The molecule has 0 unspecified atom stereocenters. The highest BCUT2D eigenvalue weighted by atomic mass is 32.2. The first-order chi connectivity index (χ1) is 15.3. The summed E-state index contributed by atoms with van der Waals surface area (Å²) in [5, 5.41) is 11.1. The summed E-state index contributed by atoms with van der Waals surface area (Å²) in [6, 6.07) is 0. The Morgan fingerprint density at radius 2 is 2.03 bits per heavy atom. The fraction of sp³-hybridized carbons (Fsp3) is 0.600. The molecular formula is C20H28N8O3S. The molecule has 2 aliphatic rings. The zero-order chi connectivity index (χ0) is 22.6. The van der Waals surface area contributed by atoms with Crippen LogP contribution >= 0.6 is 0 Å². The van der Waals surface area contributed by atoms with Crippen molar-refractivity contribution in [2.24, 2.45) is 5.92 Å². The summed E-state index contributed by atoms with van der Waals surface area (Å²) in [6.07, 6.45) is 5.50. The molecule has 3 aromatic heterocycles. The van der Waals surface area contributed by atoms with Gasteiger partial charge in [0.25, 0.3) is 0 Å². The number of nitrogens with one attached hydrogen (secondary N) is 1. The van der Waals surface area contributed by atoms with E-state index in [2.05, 4.69) is 27.2 Å². The quantitative estimate of drug-likeness (QED) is 0.566. The minimum atomic E-state index is -3.20. The zero-order valence-corrected chi connectivity index (χ0v) is 19.2. The van der Waals surface area contributed by atoms with Crippen LogP contribution in [0.3, 0.4) is 0 Å². The van der Waals surface area contributed by atoms with E-state index in [9.17, 15) is 8.42 Å². The van der Waals surface area contributed by atoms with Crippen molar-refractivity contribution in [3.63, 3.8) is 0 Å². The lowest BCUT2D eigenvalue weighted by atomic mass is 9.85. The monoisotopic (exact) mass is 460 g/mol. The van der Waals surface area contributed by atoms with Crippen molar-refractivity contribution in [3.8, 4) is 17.1 Å². The normalized spacial score (nSPS) is 22.6. The maximum atomic E-state index is 12.7. The van der Waals surface area contributed by atoms with Gasteiger partial charge in [0.2, 0.25) is 21.9 Å². The van der Waals surface area contributed by atoms with Crippen LogP contribution in [-0.2, 0) is 10.0 Å². The van der Waals surface area contributed by atoms with Crippen LogP contribution in [0.1, 0.15) is 51.6 Å². The number of hydrogen-bond donors (Lipinski definition) is 2. The van der Waals surface area contributed by atoms with Crippen molar-refractivity contribution >= 4 is 21.6 Å². The van der Waals surface area contributed by atoms with Gasteiger partial charge in [0.15, 0.2) is 5.65 Å². The van der Waals surface area contributed by atoms with Crippen molar-refractivity contribution in [1.82, 2.24) is 34.1 Å². The maximum absolute atomic E-state index is 12.7. The van der Waals surface area contributed by atoms with Crippen LogP contribution < -0.4 is 10.5 Å². The van der Waals surface area contributed by atoms with Gasteiger partial charge >= 0.3 is 0 Å². The van der Waals surface area contributed by atoms with E-state index in [0.717, 1.165) is 24.1 Å². The molecule has 0 aromatic carbocycles. The summed E-state index contributed by atoms with van der Waals surface area (Å²) in [5.41, 5.74) is 8.63. The van der Waals surface area contributed by atoms with Crippen LogP contribution in [0.2, 0.25) is 0 Å². The topological polar surface area (TPSA) is 144 Å². The second-order valence-corrected chi connectivity index (χ2v) is 11.2. The largest absolute Gasteiger partial charge is 0.473 e. The Bertz CT molecular complexity index is 1230. The molecule has 172 valence electrons. The van der Waals surface area contributed by atoms with Crippen LogP contribution in [0.4, 0.5) is 5.95 Å². The van der Waals surface area contributed by atoms with E-state index in [0.29, 0.717) is 36.7 Å². The van der Waals surface area contributed by atoms with Gasteiger partial charge in [-0.1, -0.05) is 6.92 Å². The van der Waals surface area contributed by atoms with Crippen LogP contribution in [0.5, 0.6) is 5.88 Å². The highest BCUT2D eigenvalue weighted by molar-refractivity contribution is 7.90. The number of aromatic nitrogens is 6. The lowest BCUT2D eigenvalue weighted by Gasteiger charge is -2.36. The molecule has 3 aromatic rings. The van der Waals surface area contributed by atoms with Crippen molar-refractivity contribution in [2.75, 3.05) is 18.8 Å². The zero-order valence-electron chi connectivity index (χ0n) is 18.4. The van der Waals surface area contributed by atoms with Crippen molar-refractivity contribution in [3.05, 3.63) is 18.1 Å². The van der Waals surface area contributed by atoms with Gasteiger partial charge in [-0.2, -0.15) is 14.6 Å². The molecule has 12 heteroatoms. The Morgan fingerprint density at radius 1 is 1.25 bits per heavy atom. The predicted octanol–water partition coefficient (Wildman–Crippen LogP) is 1.80. The molecule has 4 heterocycles. The Labute approximate surface area is 186 Å². The third-order valence-corrected chi connectivity index (χ3v) is 8.49. The number of hydrogen-bond acceptors (Lipinski definition) is 8. The molecule has 1 aliphatic carbocycles. The molecule has 3 N–H and O–H groups in total. The Hall–Kier alpha value is -2.73. The lowest BCUT2D eigenvalue weighted by molar-refractivity contribution is 0.225. The molecule has 32 heavy (non-hydrogen) atoms. The van der Waals surface area contributed by atoms with Crippen LogP contribution in [-0.4, -0.2) is 66.9 Å². The molecular weight excluding hydrogens is 432 g/mol. The Balaban J connectivity index is 1.58. The summed E-state index contributed by atoms with van der Waals surface area (Å²) < 4.78 is 34.8. The Kier molecular flexibility index (Phi) is 5.08. The lowest BCUT2D eigenvalue weighted by Crippen LogP contribution is -2.43. The number of nitrogens with two attached hydrogens (primary N) is 1. The molecule has 0 amide bonds. The van der Waals surface area contributed by atoms with E-state index < -0.39 is 10.0 Å². The molecule has 5 rings (SSSR count). The number of anilines is 1. The smallest absolute Gasteiger partial charge is 0.244 e. The van der Waals surface area contributed by atoms with E-state index in [-0.39, 0.29) is 29.1 Å². The highest BCUT2D eigenvalue weighted by Crippen LogP contribution is 2.40. The molecule has 1 aliphatic heterocycles. The minimum Gasteiger partial charge on any atom is -0.473 e. The summed E-state index contributed by atoms with van der Waals surface area (Å²) in [5.74, 6) is 0.643. The fourth-order valence-corrected chi connectivity index (χ4v) is 6.38. The highest BCUT2D eigenvalue weighted by Gasteiger charge is 2.43. The Morgan fingerprint density at radius 3 is 2.66 bits per heavy atom. The van der Waals surface area contributed by atoms with E-state index in [4.69, 9.17) is 15.5 Å². The minimum absolute atomic E-state index is 0.00510. The first-order valence-corrected chi connectivity index (χ1v) is 12.5. The van der Waals surface area contributed by atoms with E-state index in [1.54, 1.807) is 21.2 Å². The number of fused-ring (bicyclic) bond motifs is 1. The molecule has 2 atom stereocenters. The van der Waals surface area contributed by atoms with Crippen molar-refractivity contribution in [1.29, 1.82) is 0 Å². The molecule has 2 fully saturated rings. The van der Waals surface area contributed by atoms with Gasteiger partial charge in [-0.15, -0.1) is 5.10 Å². The number of nitrogen functional groups attached to an aromatic ring is 1. The summed E-state index contributed by atoms with van der Waals surface area (Å²) in [4.78, 5) is 9.44. The van der Waals surface area contributed by atoms with Crippen molar-refractivity contribution < 1.29 is 13.2 Å². The van der Waals surface area contributed by atoms with Crippen LogP contribution in [0, 0.1) is 5.92 Å². The van der Waals surface area contributed by atoms with Gasteiger partial charge < -0.3 is 10.5 Å². The SMILES string of the molecule is CC(C)Oc1c(-c2cn[nH]c2)nc([C@H]2CCN(S(=O)(=O)C3CC3)C[C@@H]2C)c2nc(N)nn12. The third kappa shape index (κ3) is 3.60. The van der Waals surface area contributed by atoms with Gasteiger partial charge in [-0.3, -0.25) is 5.10 Å². The maximum Gasteiger partial charge on any atom is 0.244 e. The second kappa shape index (κ2) is 7.69. The van der Waals surface area contributed by atoms with Crippen molar-refractivity contribution in [2.45, 2.75) is 57.3 Å². The standard InChI is InChI=1S/C20H28N8O3S/c1-11(2)31-19-16(13-8-22-23-9-13)24-17(18-25-20(21)26-28(18)19)15-6-7-27(10-12(15)3)32(29,30)14-4-5-14/h8-9,11-12,14-15H,4-7,10H2,1-3H3,(H2,21,26)(H,22,23)/t12-,15-/m0/s1. The van der Waals surface area contributed by atoms with Crippen LogP contribution in [0.15, 0.2) is 12.4 Å². The number of nitrogens with zero attached hydrogens (tertiary/aromatic N) is 6. The molecule has 0 spiro atoms.